The molecule has 5 nitrogen and oxygen atoms in total. The monoisotopic (exact) mass is 320 g/mol. The van der Waals surface area contributed by atoms with Gasteiger partial charge in [0.1, 0.15) is 0 Å². The third kappa shape index (κ3) is 2.48. The fourth-order valence-electron chi connectivity index (χ4n) is 6.17. The number of carbonyl (C=O) groups is 2. The van der Waals surface area contributed by atoms with Crippen molar-refractivity contribution < 1.29 is 14.7 Å². The number of hydrogen-bond donors (Lipinski definition) is 3. The van der Waals surface area contributed by atoms with E-state index in [1.54, 1.807) is 6.92 Å². The van der Waals surface area contributed by atoms with Gasteiger partial charge in [-0.05, 0) is 63.2 Å². The van der Waals surface area contributed by atoms with E-state index in [0.29, 0.717) is 0 Å². The van der Waals surface area contributed by atoms with E-state index < -0.39 is 12.0 Å². The molecular weight excluding hydrogens is 292 g/mol. The molecule has 1 saturated heterocycles. The Balaban J connectivity index is 1.43. The molecule has 0 aromatic heterocycles. The number of aliphatic hydroxyl groups is 1. The Labute approximate surface area is 137 Å². The van der Waals surface area contributed by atoms with Crippen LogP contribution in [-0.2, 0) is 9.59 Å². The molecule has 3 N–H and O–H groups in total. The average Bonchev–Trinajstić information content (AvgIpc) is 2.41. The van der Waals surface area contributed by atoms with Crippen molar-refractivity contribution in [3.63, 3.8) is 0 Å². The smallest absolute Gasteiger partial charge is 0.228 e. The normalized spacial score (nSPS) is 46.7. The molecule has 4 aliphatic carbocycles. The Morgan fingerprint density at radius 3 is 2.13 bits per heavy atom. The van der Waals surface area contributed by atoms with Crippen LogP contribution in [0, 0.1) is 29.6 Å². The van der Waals surface area contributed by atoms with Crippen molar-refractivity contribution >= 4 is 11.8 Å². The Morgan fingerprint density at radius 1 is 1.17 bits per heavy atom. The van der Waals surface area contributed by atoms with Crippen molar-refractivity contribution in [2.75, 3.05) is 0 Å². The molecule has 1 aliphatic heterocycles. The standard InChI is InChI=1S/C18H28N2O3/c1-9(15-14(10(2)21)17(23)19-15)16(22)20-18-6-11-3-12(7-18)5-13(4-11)8-18/h9-15,21H,3-8H2,1-2H3,(H,19,23)(H,20,22)/t9-,10-,11?,12?,13?,14-,15-,18?/m1/s1. The minimum Gasteiger partial charge on any atom is -0.393 e. The maximum Gasteiger partial charge on any atom is 0.228 e. The Bertz CT molecular complexity index is 495. The van der Waals surface area contributed by atoms with Crippen LogP contribution < -0.4 is 10.6 Å². The maximum absolute atomic E-state index is 12.8. The first kappa shape index (κ1) is 15.4. The summed E-state index contributed by atoms with van der Waals surface area (Å²) in [4.78, 5) is 24.4. The van der Waals surface area contributed by atoms with Gasteiger partial charge in [-0.3, -0.25) is 9.59 Å². The lowest BCUT2D eigenvalue weighted by Crippen LogP contribution is -2.68. The number of hydrogen-bond acceptors (Lipinski definition) is 3. The molecule has 4 bridgehead atoms. The fraction of sp³-hybridized carbons (Fsp3) is 0.889. The molecule has 5 fully saturated rings. The number of β-lactam (4-membered cyclic amide) rings is 1. The Hall–Kier alpha value is -1.10. The highest BCUT2D eigenvalue weighted by Crippen LogP contribution is 2.55. The quantitative estimate of drug-likeness (QED) is 0.681. The van der Waals surface area contributed by atoms with Crippen LogP contribution in [0.3, 0.4) is 0 Å². The molecule has 2 amide bonds. The molecule has 4 saturated carbocycles. The van der Waals surface area contributed by atoms with Gasteiger partial charge in [0.15, 0.2) is 0 Å². The zero-order valence-corrected chi connectivity index (χ0v) is 14.0. The first-order valence-corrected chi connectivity index (χ1v) is 9.17. The van der Waals surface area contributed by atoms with E-state index in [9.17, 15) is 14.7 Å². The predicted molar refractivity (Wildman–Crippen MR) is 85.3 cm³/mol. The van der Waals surface area contributed by atoms with Gasteiger partial charge >= 0.3 is 0 Å². The summed E-state index contributed by atoms with van der Waals surface area (Å²) in [5, 5.41) is 15.9. The van der Waals surface area contributed by atoms with Gasteiger partial charge in [-0.2, -0.15) is 0 Å². The average molecular weight is 320 g/mol. The SMILES string of the molecule is C[C@@H](O)[C@H]1C(=O)N[C@@H]1[C@@H](C)C(=O)NC12CC3CC(CC(C3)C1)C2. The second-order valence-electron chi connectivity index (χ2n) is 8.78. The summed E-state index contributed by atoms with van der Waals surface area (Å²) >= 11 is 0. The lowest BCUT2D eigenvalue weighted by Gasteiger charge is -2.57. The van der Waals surface area contributed by atoms with Gasteiger partial charge in [0, 0.05) is 5.54 Å². The third-order valence-electron chi connectivity index (χ3n) is 6.90. The summed E-state index contributed by atoms with van der Waals surface area (Å²) in [5.74, 6) is 1.55. The summed E-state index contributed by atoms with van der Waals surface area (Å²) < 4.78 is 0. The van der Waals surface area contributed by atoms with E-state index in [1.807, 2.05) is 6.92 Å². The first-order chi connectivity index (χ1) is 10.9. The Morgan fingerprint density at radius 2 is 1.70 bits per heavy atom. The van der Waals surface area contributed by atoms with Crippen LogP contribution in [0.25, 0.3) is 0 Å². The van der Waals surface area contributed by atoms with Gasteiger partial charge in [0.2, 0.25) is 11.8 Å². The van der Waals surface area contributed by atoms with Gasteiger partial charge in [-0.25, -0.2) is 0 Å². The van der Waals surface area contributed by atoms with E-state index in [1.165, 1.54) is 19.3 Å². The van der Waals surface area contributed by atoms with E-state index in [0.717, 1.165) is 37.0 Å². The number of amides is 2. The van der Waals surface area contributed by atoms with Crippen LogP contribution in [0.5, 0.6) is 0 Å². The van der Waals surface area contributed by atoms with Crippen LogP contribution >= 0.6 is 0 Å². The lowest BCUT2D eigenvalue weighted by molar-refractivity contribution is -0.146. The topological polar surface area (TPSA) is 78.4 Å². The molecule has 23 heavy (non-hydrogen) atoms. The highest BCUT2D eigenvalue weighted by molar-refractivity contribution is 5.90. The molecule has 0 radical (unpaired) electrons. The van der Waals surface area contributed by atoms with Gasteiger partial charge in [-0.15, -0.1) is 0 Å². The minimum absolute atomic E-state index is 0.00811. The van der Waals surface area contributed by atoms with Gasteiger partial charge in [0.05, 0.1) is 24.0 Å². The molecule has 0 aromatic carbocycles. The van der Waals surface area contributed by atoms with E-state index in [2.05, 4.69) is 10.6 Å². The molecule has 4 atom stereocenters. The maximum atomic E-state index is 12.8. The zero-order valence-electron chi connectivity index (χ0n) is 14.0. The number of nitrogens with one attached hydrogen (secondary N) is 2. The molecule has 0 aromatic rings. The van der Waals surface area contributed by atoms with Crippen LogP contribution in [0.2, 0.25) is 0 Å². The third-order valence-corrected chi connectivity index (χ3v) is 6.90. The Kier molecular flexibility index (Phi) is 3.49. The van der Waals surface area contributed by atoms with Gasteiger partial charge in [-0.1, -0.05) is 6.92 Å². The van der Waals surface area contributed by atoms with Crippen LogP contribution in [0.1, 0.15) is 52.4 Å². The van der Waals surface area contributed by atoms with Crippen molar-refractivity contribution in [1.29, 1.82) is 0 Å². The summed E-state index contributed by atoms with van der Waals surface area (Å²) in [6.07, 6.45) is 6.76. The number of rotatable bonds is 4. The second-order valence-corrected chi connectivity index (χ2v) is 8.78. The molecular formula is C18H28N2O3. The van der Waals surface area contributed by atoms with Gasteiger partial charge < -0.3 is 15.7 Å². The predicted octanol–water partition coefficient (Wildman–Crippen LogP) is 1.20. The fourth-order valence-corrected chi connectivity index (χ4v) is 6.17. The van der Waals surface area contributed by atoms with Crippen LogP contribution in [0.15, 0.2) is 0 Å². The molecule has 128 valence electrons. The van der Waals surface area contributed by atoms with E-state index >= 15 is 0 Å². The summed E-state index contributed by atoms with van der Waals surface area (Å²) in [5.41, 5.74) is 0.00811. The number of aliphatic hydroxyl groups excluding tert-OH is 1. The molecule has 5 rings (SSSR count). The first-order valence-electron chi connectivity index (χ1n) is 9.17. The molecule has 5 heteroatoms. The highest BCUT2D eigenvalue weighted by atomic mass is 16.3. The van der Waals surface area contributed by atoms with Crippen LogP contribution in [0.4, 0.5) is 0 Å². The van der Waals surface area contributed by atoms with Crippen molar-refractivity contribution in [3.8, 4) is 0 Å². The largest absolute Gasteiger partial charge is 0.393 e. The summed E-state index contributed by atoms with van der Waals surface area (Å²) in [7, 11) is 0. The minimum atomic E-state index is -0.705. The molecule has 1 heterocycles. The van der Waals surface area contributed by atoms with E-state index in [-0.39, 0.29) is 29.3 Å². The summed E-state index contributed by atoms with van der Waals surface area (Å²) in [6, 6.07) is -0.239. The van der Waals surface area contributed by atoms with Crippen molar-refractivity contribution in [3.05, 3.63) is 0 Å². The zero-order chi connectivity index (χ0) is 16.4. The number of carbonyl (C=O) groups excluding carboxylic acids is 2. The molecule has 5 aliphatic rings. The van der Waals surface area contributed by atoms with E-state index in [4.69, 9.17) is 0 Å². The van der Waals surface area contributed by atoms with Crippen molar-refractivity contribution in [2.24, 2.45) is 29.6 Å². The molecule has 0 spiro atoms. The summed E-state index contributed by atoms with van der Waals surface area (Å²) in [6.45, 7) is 3.50. The van der Waals surface area contributed by atoms with Crippen LogP contribution in [-0.4, -0.2) is 34.6 Å². The van der Waals surface area contributed by atoms with Gasteiger partial charge in [0.25, 0.3) is 0 Å². The van der Waals surface area contributed by atoms with Crippen molar-refractivity contribution in [2.45, 2.75) is 70.1 Å². The second kappa shape index (κ2) is 5.20. The van der Waals surface area contributed by atoms with Crippen molar-refractivity contribution in [1.82, 2.24) is 10.6 Å². The lowest BCUT2D eigenvalue weighted by atomic mass is 9.53. The highest BCUT2D eigenvalue weighted by Gasteiger charge is 2.53. The molecule has 0 unspecified atom stereocenters.